The predicted molar refractivity (Wildman–Crippen MR) is 91.5 cm³/mol. The number of rotatable bonds is 2. The standard InChI is InChI=1S/C17H10ClN3O3/c18-11-1-4-15-9(5-11)7-13(17(23)24-15)16(22)20-12-2-3-14-10(6-12)8-19-21-14/h1-8H,(H,19,21)(H,20,22). The van der Waals surface area contributed by atoms with Crippen LogP contribution in [0.2, 0.25) is 5.02 Å². The number of H-pyrrole nitrogens is 1. The van der Waals surface area contributed by atoms with E-state index < -0.39 is 11.5 Å². The van der Waals surface area contributed by atoms with Gasteiger partial charge in [0.15, 0.2) is 0 Å². The Kier molecular flexibility index (Phi) is 3.32. The van der Waals surface area contributed by atoms with Gasteiger partial charge in [-0.3, -0.25) is 9.89 Å². The van der Waals surface area contributed by atoms with Crippen molar-refractivity contribution in [1.29, 1.82) is 0 Å². The van der Waals surface area contributed by atoms with E-state index in [0.29, 0.717) is 21.7 Å². The summed E-state index contributed by atoms with van der Waals surface area (Å²) in [4.78, 5) is 24.5. The lowest BCUT2D eigenvalue weighted by Crippen LogP contribution is -2.20. The molecule has 0 radical (unpaired) electrons. The Hall–Kier alpha value is -3.12. The Morgan fingerprint density at radius 3 is 2.88 bits per heavy atom. The molecule has 0 saturated heterocycles. The van der Waals surface area contributed by atoms with Crippen LogP contribution in [0.4, 0.5) is 5.69 Å². The second-order valence-corrected chi connectivity index (χ2v) is 5.69. The minimum absolute atomic E-state index is 0.0861. The highest BCUT2D eigenvalue weighted by Crippen LogP contribution is 2.20. The minimum atomic E-state index is -0.702. The molecule has 2 heterocycles. The summed E-state index contributed by atoms with van der Waals surface area (Å²) >= 11 is 5.94. The molecule has 0 fully saturated rings. The summed E-state index contributed by atoms with van der Waals surface area (Å²) in [6.07, 6.45) is 1.65. The largest absolute Gasteiger partial charge is 0.422 e. The molecule has 0 bridgehead atoms. The molecule has 0 unspecified atom stereocenters. The number of hydrogen-bond donors (Lipinski definition) is 2. The molecule has 2 aromatic heterocycles. The van der Waals surface area contributed by atoms with Crippen LogP contribution >= 0.6 is 11.6 Å². The Labute approximate surface area is 140 Å². The highest BCUT2D eigenvalue weighted by Gasteiger charge is 2.14. The number of carbonyl (C=O) groups is 1. The third-order valence-corrected chi connectivity index (χ3v) is 3.87. The lowest BCUT2D eigenvalue weighted by Gasteiger charge is -2.05. The third-order valence-electron chi connectivity index (χ3n) is 3.64. The monoisotopic (exact) mass is 339 g/mol. The topological polar surface area (TPSA) is 88.0 Å². The maximum absolute atomic E-state index is 12.4. The number of carbonyl (C=O) groups excluding carboxylic acids is 1. The molecule has 0 aliphatic rings. The Balaban J connectivity index is 1.71. The normalized spacial score (nSPS) is 11.0. The predicted octanol–water partition coefficient (Wildman–Crippen LogP) is 3.58. The number of aromatic nitrogens is 2. The quantitative estimate of drug-likeness (QED) is 0.546. The van der Waals surface area contributed by atoms with Crippen molar-refractivity contribution < 1.29 is 9.21 Å². The van der Waals surface area contributed by atoms with E-state index in [1.807, 2.05) is 0 Å². The molecule has 118 valence electrons. The zero-order chi connectivity index (χ0) is 16.7. The van der Waals surface area contributed by atoms with Gasteiger partial charge in [-0.25, -0.2) is 4.79 Å². The van der Waals surface area contributed by atoms with Gasteiger partial charge in [-0.05, 0) is 42.5 Å². The molecule has 0 spiro atoms. The number of anilines is 1. The van der Waals surface area contributed by atoms with E-state index in [-0.39, 0.29) is 5.56 Å². The molecule has 4 rings (SSSR count). The molecule has 0 aliphatic heterocycles. The molecule has 0 saturated carbocycles. The summed E-state index contributed by atoms with van der Waals surface area (Å²) < 4.78 is 5.17. The first-order chi connectivity index (χ1) is 11.6. The molecule has 0 aliphatic carbocycles. The number of nitrogens with one attached hydrogen (secondary N) is 2. The molecule has 6 nitrogen and oxygen atoms in total. The van der Waals surface area contributed by atoms with Gasteiger partial charge in [0.1, 0.15) is 11.1 Å². The summed E-state index contributed by atoms with van der Waals surface area (Å²) in [6.45, 7) is 0. The van der Waals surface area contributed by atoms with Gasteiger partial charge in [-0.15, -0.1) is 0 Å². The van der Waals surface area contributed by atoms with Crippen LogP contribution in [0, 0.1) is 0 Å². The van der Waals surface area contributed by atoms with Crippen LogP contribution in [0.25, 0.3) is 21.9 Å². The Bertz CT molecular complexity index is 1150. The number of nitrogens with zero attached hydrogens (tertiary/aromatic N) is 1. The van der Waals surface area contributed by atoms with Crippen molar-refractivity contribution in [2.75, 3.05) is 5.32 Å². The molecule has 1 amide bonds. The smallest absolute Gasteiger partial charge is 0.349 e. The van der Waals surface area contributed by atoms with Gasteiger partial charge in [0.25, 0.3) is 5.91 Å². The van der Waals surface area contributed by atoms with Gasteiger partial charge in [-0.1, -0.05) is 11.6 Å². The van der Waals surface area contributed by atoms with Gasteiger partial charge in [0.05, 0.1) is 11.7 Å². The maximum atomic E-state index is 12.4. The van der Waals surface area contributed by atoms with Gasteiger partial charge in [0.2, 0.25) is 0 Å². The van der Waals surface area contributed by atoms with Crippen LogP contribution in [0.5, 0.6) is 0 Å². The number of hydrogen-bond acceptors (Lipinski definition) is 4. The van der Waals surface area contributed by atoms with Crippen molar-refractivity contribution in [1.82, 2.24) is 10.2 Å². The molecule has 7 heteroatoms. The van der Waals surface area contributed by atoms with Crippen molar-refractivity contribution in [3.05, 3.63) is 69.7 Å². The molecule has 4 aromatic rings. The van der Waals surface area contributed by atoms with E-state index in [1.165, 1.54) is 6.07 Å². The van der Waals surface area contributed by atoms with Crippen molar-refractivity contribution in [2.24, 2.45) is 0 Å². The second kappa shape index (κ2) is 5.50. The second-order valence-electron chi connectivity index (χ2n) is 5.26. The van der Waals surface area contributed by atoms with Crippen molar-refractivity contribution in [3.8, 4) is 0 Å². The fraction of sp³-hybridized carbons (Fsp3) is 0. The van der Waals surface area contributed by atoms with Crippen LogP contribution in [0.3, 0.4) is 0 Å². The number of aromatic amines is 1. The zero-order valence-corrected chi connectivity index (χ0v) is 12.9. The Morgan fingerprint density at radius 2 is 2.00 bits per heavy atom. The number of amides is 1. The molecule has 2 N–H and O–H groups in total. The fourth-order valence-electron chi connectivity index (χ4n) is 2.47. The minimum Gasteiger partial charge on any atom is -0.422 e. The van der Waals surface area contributed by atoms with Gasteiger partial charge >= 0.3 is 5.63 Å². The van der Waals surface area contributed by atoms with Crippen molar-refractivity contribution in [2.45, 2.75) is 0 Å². The van der Waals surface area contributed by atoms with E-state index in [0.717, 1.165) is 10.9 Å². The highest BCUT2D eigenvalue weighted by molar-refractivity contribution is 6.31. The highest BCUT2D eigenvalue weighted by atomic mass is 35.5. The number of fused-ring (bicyclic) bond motifs is 2. The van der Waals surface area contributed by atoms with Crippen LogP contribution < -0.4 is 10.9 Å². The average molecular weight is 340 g/mol. The maximum Gasteiger partial charge on any atom is 0.349 e. The van der Waals surface area contributed by atoms with Crippen LogP contribution in [0.1, 0.15) is 10.4 Å². The van der Waals surface area contributed by atoms with E-state index >= 15 is 0 Å². The van der Waals surface area contributed by atoms with E-state index in [9.17, 15) is 9.59 Å². The third kappa shape index (κ3) is 2.53. The first-order valence-corrected chi connectivity index (χ1v) is 7.46. The first-order valence-electron chi connectivity index (χ1n) is 7.08. The summed E-state index contributed by atoms with van der Waals surface area (Å²) in [6, 6.07) is 11.6. The molecule has 2 aromatic carbocycles. The lowest BCUT2D eigenvalue weighted by atomic mass is 10.1. The molecular weight excluding hydrogens is 330 g/mol. The Morgan fingerprint density at radius 1 is 1.12 bits per heavy atom. The number of halogens is 1. The summed E-state index contributed by atoms with van der Waals surface area (Å²) in [5, 5.41) is 11.4. The molecule has 24 heavy (non-hydrogen) atoms. The average Bonchev–Trinajstić information content (AvgIpc) is 3.02. The molecule has 0 atom stereocenters. The SMILES string of the molecule is O=C(Nc1ccc2[nH]ncc2c1)c1cc2cc(Cl)ccc2oc1=O. The van der Waals surface area contributed by atoms with Gasteiger partial charge < -0.3 is 9.73 Å². The van der Waals surface area contributed by atoms with E-state index in [1.54, 1.807) is 42.6 Å². The summed E-state index contributed by atoms with van der Waals surface area (Å²) in [5.74, 6) is -0.548. The number of benzene rings is 2. The van der Waals surface area contributed by atoms with Crippen LogP contribution in [0.15, 0.2) is 57.9 Å². The fourth-order valence-corrected chi connectivity index (χ4v) is 2.65. The van der Waals surface area contributed by atoms with Gasteiger partial charge in [0, 0.05) is 21.5 Å². The van der Waals surface area contributed by atoms with E-state index in [2.05, 4.69) is 15.5 Å². The lowest BCUT2D eigenvalue weighted by molar-refractivity contribution is 0.102. The molecular formula is C17H10ClN3O3. The first kappa shape index (κ1) is 14.5. The zero-order valence-electron chi connectivity index (χ0n) is 12.2. The summed E-state index contributed by atoms with van der Waals surface area (Å²) in [7, 11) is 0. The summed E-state index contributed by atoms with van der Waals surface area (Å²) in [5.41, 5.74) is 0.997. The van der Waals surface area contributed by atoms with Crippen molar-refractivity contribution >= 4 is 45.1 Å². The van der Waals surface area contributed by atoms with E-state index in [4.69, 9.17) is 16.0 Å². The van der Waals surface area contributed by atoms with Crippen LogP contribution in [-0.2, 0) is 0 Å². The van der Waals surface area contributed by atoms with Crippen LogP contribution in [-0.4, -0.2) is 16.1 Å². The van der Waals surface area contributed by atoms with Gasteiger partial charge in [-0.2, -0.15) is 5.10 Å². The van der Waals surface area contributed by atoms with Crippen molar-refractivity contribution in [3.63, 3.8) is 0 Å².